The van der Waals surface area contributed by atoms with Gasteiger partial charge in [-0.05, 0) is 46.3 Å². The third-order valence-electron chi connectivity index (χ3n) is 5.09. The van der Waals surface area contributed by atoms with E-state index >= 15 is 0 Å². The van der Waals surface area contributed by atoms with Crippen molar-refractivity contribution in [2.75, 3.05) is 34.9 Å². The number of carbonyl (C=O) groups excluding carboxylic acids is 1. The largest absolute Gasteiger partial charge is 0.496 e. The highest BCUT2D eigenvalue weighted by Gasteiger charge is 2.31. The van der Waals surface area contributed by atoms with Crippen molar-refractivity contribution < 1.29 is 19.0 Å². The highest BCUT2D eigenvalue weighted by atomic mass is 16.5. The molecule has 6 heteroatoms. The van der Waals surface area contributed by atoms with Crippen LogP contribution < -0.4 is 14.2 Å². The molecular formula is C20H32N2O4. The zero-order valence-electron chi connectivity index (χ0n) is 16.9. The molecule has 1 aliphatic rings. The van der Waals surface area contributed by atoms with E-state index in [1.54, 1.807) is 21.3 Å². The Morgan fingerprint density at radius 2 is 1.73 bits per heavy atom. The number of amides is 1. The topological polar surface area (TPSA) is 51.2 Å². The molecule has 1 atom stereocenters. The Morgan fingerprint density at radius 1 is 1.12 bits per heavy atom. The van der Waals surface area contributed by atoms with E-state index in [9.17, 15) is 4.79 Å². The van der Waals surface area contributed by atoms with Crippen molar-refractivity contribution in [3.8, 4) is 17.2 Å². The first-order chi connectivity index (χ1) is 12.4. The first kappa shape index (κ1) is 20.4. The second-order valence-electron chi connectivity index (χ2n) is 7.07. The molecule has 0 spiro atoms. The van der Waals surface area contributed by atoms with Crippen molar-refractivity contribution in [1.29, 1.82) is 0 Å². The molecule has 0 aliphatic carbocycles. The van der Waals surface area contributed by atoms with Crippen LogP contribution in [0.5, 0.6) is 17.2 Å². The van der Waals surface area contributed by atoms with Gasteiger partial charge in [-0.25, -0.2) is 0 Å². The number of rotatable bonds is 7. The van der Waals surface area contributed by atoms with E-state index < -0.39 is 0 Å². The third-order valence-corrected chi connectivity index (χ3v) is 5.09. The number of benzene rings is 1. The lowest BCUT2D eigenvalue weighted by Crippen LogP contribution is -2.51. The Balaban J connectivity index is 2.30. The average Bonchev–Trinajstić information content (AvgIpc) is 2.64. The van der Waals surface area contributed by atoms with Crippen LogP contribution in [0.4, 0.5) is 0 Å². The Kier molecular flexibility index (Phi) is 7.14. The lowest BCUT2D eigenvalue weighted by molar-refractivity contribution is -0.140. The van der Waals surface area contributed by atoms with Gasteiger partial charge in [-0.3, -0.25) is 9.69 Å². The first-order valence-electron chi connectivity index (χ1n) is 9.22. The van der Waals surface area contributed by atoms with Crippen LogP contribution in [-0.2, 0) is 11.3 Å². The van der Waals surface area contributed by atoms with E-state index in [-0.39, 0.29) is 18.0 Å². The fraction of sp³-hybridized carbons (Fsp3) is 0.650. The number of likely N-dealkylation sites (tertiary alicyclic amines) is 1. The van der Waals surface area contributed by atoms with Crippen LogP contribution in [0.15, 0.2) is 12.1 Å². The monoisotopic (exact) mass is 364 g/mol. The number of hydrogen-bond acceptors (Lipinski definition) is 5. The molecule has 6 nitrogen and oxygen atoms in total. The number of ether oxygens (including phenoxy) is 3. The van der Waals surface area contributed by atoms with Crippen molar-refractivity contribution in [2.24, 2.45) is 0 Å². The summed E-state index contributed by atoms with van der Waals surface area (Å²) >= 11 is 0. The minimum atomic E-state index is -0.0442. The molecule has 1 heterocycles. The maximum Gasteiger partial charge on any atom is 0.240 e. The van der Waals surface area contributed by atoms with Crippen molar-refractivity contribution in [2.45, 2.75) is 51.7 Å². The molecule has 1 aliphatic heterocycles. The molecule has 0 aromatic heterocycles. The molecule has 1 amide bonds. The second-order valence-corrected chi connectivity index (χ2v) is 7.07. The minimum Gasteiger partial charge on any atom is -0.496 e. The highest BCUT2D eigenvalue weighted by Crippen LogP contribution is 2.35. The summed E-state index contributed by atoms with van der Waals surface area (Å²) in [6, 6.07) is 3.75. The zero-order valence-corrected chi connectivity index (χ0v) is 16.9. The molecule has 1 aromatic carbocycles. The van der Waals surface area contributed by atoms with Crippen molar-refractivity contribution in [3.05, 3.63) is 17.7 Å². The normalized spacial score (nSPS) is 17.9. The molecule has 0 N–H and O–H groups in total. The summed E-state index contributed by atoms with van der Waals surface area (Å²) in [6.07, 6.45) is 3.18. The van der Waals surface area contributed by atoms with Gasteiger partial charge < -0.3 is 19.1 Å². The Morgan fingerprint density at radius 3 is 2.27 bits per heavy atom. The number of hydrogen-bond donors (Lipinski definition) is 0. The summed E-state index contributed by atoms with van der Waals surface area (Å²) in [6.45, 7) is 5.55. The average molecular weight is 364 g/mol. The molecule has 146 valence electrons. The number of likely N-dealkylation sites (N-methyl/N-ethyl adjacent to an activating group) is 1. The lowest BCUT2D eigenvalue weighted by Gasteiger charge is -2.37. The molecule has 26 heavy (non-hydrogen) atoms. The fourth-order valence-electron chi connectivity index (χ4n) is 3.49. The maximum atomic E-state index is 13.2. The molecule has 1 fully saturated rings. The zero-order chi connectivity index (χ0) is 19.3. The van der Waals surface area contributed by atoms with Gasteiger partial charge in [-0.1, -0.05) is 6.42 Å². The van der Waals surface area contributed by atoms with Gasteiger partial charge in [0.25, 0.3) is 0 Å². The number of methoxy groups -OCH3 is 3. The molecule has 1 aromatic rings. The molecule has 2 rings (SSSR count). The summed E-state index contributed by atoms with van der Waals surface area (Å²) < 4.78 is 16.3. The maximum absolute atomic E-state index is 13.2. The second kappa shape index (κ2) is 9.12. The smallest absolute Gasteiger partial charge is 0.240 e. The van der Waals surface area contributed by atoms with Crippen molar-refractivity contribution in [1.82, 2.24) is 9.80 Å². The van der Waals surface area contributed by atoms with Crippen LogP contribution in [0.3, 0.4) is 0 Å². The standard InChI is InChI=1S/C20H32N2O4/c1-14(2)22(20(23)16-9-7-8-10-21(16)3)13-15-11-18(25-5)19(26-6)12-17(15)24-4/h11-12,14,16H,7-10,13H2,1-6H3. The van der Waals surface area contributed by atoms with Crippen molar-refractivity contribution in [3.63, 3.8) is 0 Å². The summed E-state index contributed by atoms with van der Waals surface area (Å²) in [5.74, 6) is 2.12. The van der Waals surface area contributed by atoms with Crippen LogP contribution in [0.25, 0.3) is 0 Å². The Bertz CT molecular complexity index is 618. The molecule has 0 saturated carbocycles. The third kappa shape index (κ3) is 4.41. The molecule has 1 unspecified atom stereocenters. The van der Waals surface area contributed by atoms with E-state index in [4.69, 9.17) is 14.2 Å². The van der Waals surface area contributed by atoms with E-state index in [2.05, 4.69) is 4.90 Å². The van der Waals surface area contributed by atoms with Gasteiger partial charge in [0.15, 0.2) is 11.5 Å². The fourth-order valence-corrected chi connectivity index (χ4v) is 3.49. The molecule has 0 radical (unpaired) electrons. The van der Waals surface area contributed by atoms with Gasteiger partial charge in [0.1, 0.15) is 5.75 Å². The van der Waals surface area contributed by atoms with Gasteiger partial charge >= 0.3 is 0 Å². The van der Waals surface area contributed by atoms with E-state index in [1.165, 1.54) is 0 Å². The van der Waals surface area contributed by atoms with E-state index in [0.717, 1.165) is 31.4 Å². The number of carbonyl (C=O) groups is 1. The Labute approximate surface area is 157 Å². The number of piperidine rings is 1. The van der Waals surface area contributed by atoms with E-state index in [1.807, 2.05) is 37.9 Å². The SMILES string of the molecule is COc1cc(OC)c(OC)cc1CN(C(=O)C1CCCCN1C)C(C)C. The predicted octanol–water partition coefficient (Wildman–Crippen LogP) is 2.93. The van der Waals surface area contributed by atoms with Crippen LogP contribution in [0.2, 0.25) is 0 Å². The van der Waals surface area contributed by atoms with Crippen LogP contribution in [0, 0.1) is 0 Å². The van der Waals surface area contributed by atoms with Gasteiger partial charge in [0.05, 0.1) is 27.4 Å². The lowest BCUT2D eigenvalue weighted by atomic mass is 10.0. The van der Waals surface area contributed by atoms with Crippen LogP contribution in [0.1, 0.15) is 38.7 Å². The quantitative estimate of drug-likeness (QED) is 0.745. The molecule has 1 saturated heterocycles. The van der Waals surface area contributed by atoms with Gasteiger partial charge in [0, 0.05) is 24.2 Å². The highest BCUT2D eigenvalue weighted by molar-refractivity contribution is 5.82. The first-order valence-corrected chi connectivity index (χ1v) is 9.22. The van der Waals surface area contributed by atoms with Gasteiger partial charge in [-0.2, -0.15) is 0 Å². The van der Waals surface area contributed by atoms with Gasteiger partial charge in [0.2, 0.25) is 5.91 Å². The molecular weight excluding hydrogens is 332 g/mol. The van der Waals surface area contributed by atoms with Crippen molar-refractivity contribution >= 4 is 5.91 Å². The van der Waals surface area contributed by atoms with E-state index in [0.29, 0.717) is 23.8 Å². The Hall–Kier alpha value is -1.95. The van der Waals surface area contributed by atoms with Crippen LogP contribution in [-0.4, -0.2) is 62.7 Å². The summed E-state index contributed by atoms with van der Waals surface area (Å²) in [5.41, 5.74) is 0.908. The van der Waals surface area contributed by atoms with Crippen LogP contribution >= 0.6 is 0 Å². The minimum absolute atomic E-state index is 0.0442. The number of nitrogens with zero attached hydrogens (tertiary/aromatic N) is 2. The molecule has 0 bridgehead atoms. The summed E-state index contributed by atoms with van der Waals surface area (Å²) in [4.78, 5) is 17.3. The predicted molar refractivity (Wildman–Crippen MR) is 102 cm³/mol. The van der Waals surface area contributed by atoms with Gasteiger partial charge in [-0.15, -0.1) is 0 Å². The summed E-state index contributed by atoms with van der Waals surface area (Å²) in [7, 11) is 6.87. The summed E-state index contributed by atoms with van der Waals surface area (Å²) in [5, 5.41) is 0.